The molecular weight excluding hydrogens is 623 g/mol. The minimum absolute atomic E-state index is 0.0964. The highest BCUT2D eigenvalue weighted by molar-refractivity contribution is 7.91. The Morgan fingerprint density at radius 1 is 1.04 bits per heavy atom. The maximum absolute atomic E-state index is 14.2. The van der Waals surface area contributed by atoms with Crippen molar-refractivity contribution in [3.05, 3.63) is 118 Å². The predicted octanol–water partition coefficient (Wildman–Crippen LogP) is 4.91. The molecule has 1 unspecified atom stereocenters. The zero-order chi connectivity index (χ0) is 32.1. The lowest BCUT2D eigenvalue weighted by Gasteiger charge is -2.06. The smallest absolute Gasteiger partial charge is 0.415 e. The molecule has 13 heteroatoms. The molecule has 0 bridgehead atoms. The van der Waals surface area contributed by atoms with Crippen LogP contribution in [-0.2, 0) is 30.2 Å². The van der Waals surface area contributed by atoms with Crippen LogP contribution in [0.15, 0.2) is 110 Å². The molecular formula is C32H27FN2O8S2. The van der Waals surface area contributed by atoms with Crippen LogP contribution in [0.4, 0.5) is 4.39 Å². The second-order valence-corrected chi connectivity index (χ2v) is 13.1. The Kier molecular flexibility index (Phi) is 9.40. The van der Waals surface area contributed by atoms with E-state index in [1.165, 1.54) is 48.6 Å². The molecule has 1 heterocycles. The van der Waals surface area contributed by atoms with Gasteiger partial charge in [0, 0.05) is 22.0 Å². The number of sulfone groups is 1. The van der Waals surface area contributed by atoms with Crippen LogP contribution >= 0.6 is 0 Å². The van der Waals surface area contributed by atoms with E-state index >= 15 is 0 Å². The van der Waals surface area contributed by atoms with E-state index < -0.39 is 43.3 Å². The molecule has 1 aromatic heterocycles. The quantitative estimate of drug-likeness (QED) is 0.126. The number of carbonyl (C=O) groups excluding carboxylic acids is 1. The van der Waals surface area contributed by atoms with E-state index in [0.29, 0.717) is 16.0 Å². The van der Waals surface area contributed by atoms with Gasteiger partial charge < -0.3 is 14.7 Å². The molecule has 45 heavy (non-hydrogen) atoms. The number of benzene rings is 3. The van der Waals surface area contributed by atoms with Crippen molar-refractivity contribution in [3.63, 3.8) is 0 Å². The minimum atomic E-state index is -4.25. The number of allylic oxidation sites excluding steroid dienone is 2. The standard InChI is InChI=1S/C32H27FN2O8S2/c1-21-27(18-22-10-13-24(14-11-22)44(2)38)26-15-12-23(33)19-29(26)28(21)20-30(36)41-16-6-7-17-42-31-32(35(37)43-34-31)45(39,40)25-8-4-3-5-9-25/h3-15,18-19H,16-17,20H2,1-2H3/b7-6+,27-18-. The van der Waals surface area contributed by atoms with E-state index in [2.05, 4.69) is 9.79 Å². The molecule has 0 saturated carbocycles. The lowest BCUT2D eigenvalue weighted by Crippen LogP contribution is -2.30. The van der Waals surface area contributed by atoms with Crippen LogP contribution in [0.3, 0.4) is 0 Å². The summed E-state index contributed by atoms with van der Waals surface area (Å²) in [5, 5.41) is 14.6. The second kappa shape index (κ2) is 13.4. The summed E-state index contributed by atoms with van der Waals surface area (Å²) >= 11 is 0. The van der Waals surface area contributed by atoms with Crippen molar-refractivity contribution in [2.24, 2.45) is 0 Å². The van der Waals surface area contributed by atoms with Crippen molar-refractivity contribution in [2.45, 2.75) is 28.2 Å². The third-order valence-corrected chi connectivity index (χ3v) is 9.64. The molecule has 0 radical (unpaired) electrons. The average molecular weight is 651 g/mol. The lowest BCUT2D eigenvalue weighted by molar-refractivity contribution is -0.832. The van der Waals surface area contributed by atoms with Gasteiger partial charge in [0.2, 0.25) is 0 Å². The summed E-state index contributed by atoms with van der Waals surface area (Å²) < 4.78 is 66.7. The van der Waals surface area contributed by atoms with Gasteiger partial charge in [-0.3, -0.25) is 13.6 Å². The Morgan fingerprint density at radius 3 is 2.47 bits per heavy atom. The van der Waals surface area contributed by atoms with E-state index in [1.807, 2.05) is 25.1 Å². The fraction of sp³-hybridized carbons (Fsp3) is 0.156. The van der Waals surface area contributed by atoms with E-state index in [4.69, 9.17) is 9.47 Å². The molecule has 0 spiro atoms. The van der Waals surface area contributed by atoms with Crippen LogP contribution in [0.25, 0.3) is 17.2 Å². The van der Waals surface area contributed by atoms with Gasteiger partial charge in [0.1, 0.15) is 19.0 Å². The van der Waals surface area contributed by atoms with Gasteiger partial charge in [-0.25, -0.2) is 12.8 Å². The summed E-state index contributed by atoms with van der Waals surface area (Å²) in [6.07, 6.45) is 6.39. The van der Waals surface area contributed by atoms with Gasteiger partial charge in [0.25, 0.3) is 9.84 Å². The maximum Gasteiger partial charge on any atom is 0.415 e. The Bertz CT molecular complexity index is 1970. The number of hydrogen-bond donors (Lipinski definition) is 0. The molecule has 0 fully saturated rings. The fourth-order valence-corrected chi connectivity index (χ4v) is 6.56. The SMILES string of the molecule is CC1=C(CC(=O)OC/C=C/COc2no[n+]([O-])c2S(=O)(=O)c2ccccc2)c2cc(F)ccc2/C1=C\c1ccc(S(C)=O)cc1. The van der Waals surface area contributed by atoms with Crippen molar-refractivity contribution in [3.8, 4) is 5.88 Å². The first-order chi connectivity index (χ1) is 21.6. The number of fused-ring (bicyclic) bond motifs is 1. The molecule has 0 saturated heterocycles. The summed E-state index contributed by atoms with van der Waals surface area (Å²) in [4.78, 5) is 13.1. The third-order valence-electron chi connectivity index (χ3n) is 6.98. The maximum atomic E-state index is 14.2. The van der Waals surface area contributed by atoms with Gasteiger partial charge in [-0.1, -0.05) is 36.4 Å². The summed E-state index contributed by atoms with van der Waals surface area (Å²) in [5.41, 5.74) is 4.56. The van der Waals surface area contributed by atoms with Gasteiger partial charge >= 0.3 is 16.9 Å². The van der Waals surface area contributed by atoms with Crippen molar-refractivity contribution in [1.29, 1.82) is 0 Å². The van der Waals surface area contributed by atoms with Gasteiger partial charge in [-0.2, -0.15) is 0 Å². The highest BCUT2D eigenvalue weighted by Gasteiger charge is 2.35. The van der Waals surface area contributed by atoms with E-state index in [9.17, 15) is 27.0 Å². The number of aromatic nitrogens is 2. The number of carbonyl (C=O) groups is 1. The van der Waals surface area contributed by atoms with Crippen LogP contribution in [0.1, 0.15) is 30.0 Å². The van der Waals surface area contributed by atoms with Gasteiger partial charge in [-0.05, 0) is 99.9 Å². The lowest BCUT2D eigenvalue weighted by atomic mass is 10.0. The molecule has 10 nitrogen and oxygen atoms in total. The number of halogens is 1. The van der Waals surface area contributed by atoms with Crippen LogP contribution in [0.5, 0.6) is 5.88 Å². The Hall–Kier alpha value is -4.88. The topological polar surface area (TPSA) is 140 Å². The molecule has 0 N–H and O–H groups in total. The highest BCUT2D eigenvalue weighted by atomic mass is 32.2. The van der Waals surface area contributed by atoms with E-state index in [-0.39, 0.29) is 29.4 Å². The third kappa shape index (κ3) is 6.94. The van der Waals surface area contributed by atoms with Crippen LogP contribution in [0, 0.1) is 11.0 Å². The minimum Gasteiger partial charge on any atom is -0.461 e. The number of ether oxygens (including phenoxy) is 2. The van der Waals surface area contributed by atoms with Crippen molar-refractivity contribution in [2.75, 3.05) is 19.5 Å². The van der Waals surface area contributed by atoms with Gasteiger partial charge in [0.05, 0.1) is 16.5 Å². The highest BCUT2D eigenvalue weighted by Crippen LogP contribution is 2.44. The van der Waals surface area contributed by atoms with Crippen molar-refractivity contribution >= 4 is 43.8 Å². The summed E-state index contributed by atoms with van der Waals surface area (Å²) in [5.74, 6) is -1.48. The van der Waals surface area contributed by atoms with E-state index in [1.54, 1.807) is 30.5 Å². The van der Waals surface area contributed by atoms with E-state index in [0.717, 1.165) is 22.3 Å². The molecule has 1 aliphatic carbocycles. The summed E-state index contributed by atoms with van der Waals surface area (Å²) in [6, 6.07) is 19.0. The van der Waals surface area contributed by atoms with Gasteiger partial charge in [-0.15, -0.1) is 0 Å². The summed E-state index contributed by atoms with van der Waals surface area (Å²) in [6.45, 7) is 1.55. The number of rotatable bonds is 11. The first kappa shape index (κ1) is 31.5. The first-order valence-corrected chi connectivity index (χ1v) is 16.6. The molecule has 0 amide bonds. The molecule has 3 aromatic carbocycles. The second-order valence-electron chi connectivity index (χ2n) is 9.87. The molecule has 4 aromatic rings. The summed E-state index contributed by atoms with van der Waals surface area (Å²) in [7, 11) is -5.35. The van der Waals surface area contributed by atoms with Gasteiger partial charge in [0.15, 0.2) is 0 Å². The van der Waals surface area contributed by atoms with Crippen LogP contribution in [0.2, 0.25) is 0 Å². The molecule has 232 valence electrons. The molecule has 1 atom stereocenters. The molecule has 0 aliphatic heterocycles. The first-order valence-electron chi connectivity index (χ1n) is 13.5. The Labute approximate surface area is 261 Å². The monoisotopic (exact) mass is 650 g/mol. The average Bonchev–Trinajstić information content (AvgIpc) is 3.52. The van der Waals surface area contributed by atoms with Crippen LogP contribution in [-0.4, -0.2) is 43.2 Å². The van der Waals surface area contributed by atoms with Crippen molar-refractivity contribution < 1.29 is 40.8 Å². The zero-order valence-electron chi connectivity index (χ0n) is 24.1. The molecule has 5 rings (SSSR count). The normalized spacial score (nSPS) is 14.6. The number of esters is 1. The van der Waals surface area contributed by atoms with Crippen molar-refractivity contribution in [1.82, 2.24) is 5.16 Å². The van der Waals surface area contributed by atoms with Crippen LogP contribution < -0.4 is 9.64 Å². The fourth-order valence-electron chi connectivity index (χ4n) is 4.74. The number of nitrogens with zero attached hydrogens (tertiary/aromatic N) is 2. The predicted molar refractivity (Wildman–Crippen MR) is 163 cm³/mol. The Balaban J connectivity index is 1.22. The zero-order valence-corrected chi connectivity index (χ0v) is 25.8. The largest absolute Gasteiger partial charge is 0.461 e. The molecule has 1 aliphatic rings. The Morgan fingerprint density at radius 2 is 1.76 bits per heavy atom. The number of hydrogen-bond acceptors (Lipinski definition) is 9.